The van der Waals surface area contributed by atoms with E-state index in [2.05, 4.69) is 9.97 Å². The number of aliphatic hydroxyl groups is 3. The molecule has 2 aromatic heterocycles. The Kier molecular flexibility index (Phi) is 3.26. The molecular weight excluding hydrogens is 307 g/mol. The second-order valence-corrected chi connectivity index (χ2v) is 5.14. The third kappa shape index (κ3) is 1.97. The average Bonchev–Trinajstić information content (AvgIpc) is 2.91. The molecule has 2 aromatic rings. The van der Waals surface area contributed by atoms with Gasteiger partial charge in [-0.05, 0) is 0 Å². The van der Waals surface area contributed by atoms with Gasteiger partial charge in [-0.25, -0.2) is 14.4 Å². The normalized spacial score (nSPS) is 32.9. The number of halogens is 2. The third-order valence-electron chi connectivity index (χ3n) is 3.46. The van der Waals surface area contributed by atoms with Crippen molar-refractivity contribution in [2.24, 2.45) is 0 Å². The van der Waals surface area contributed by atoms with Gasteiger partial charge in [-0.15, -0.1) is 0 Å². The number of rotatable bonds is 2. The van der Waals surface area contributed by atoms with Crippen molar-refractivity contribution in [3.8, 4) is 0 Å². The molecule has 0 bridgehead atoms. The molecule has 5 N–H and O–H groups in total. The van der Waals surface area contributed by atoms with E-state index in [0.717, 1.165) is 0 Å². The van der Waals surface area contributed by atoms with Gasteiger partial charge in [0.15, 0.2) is 6.23 Å². The van der Waals surface area contributed by atoms with Crippen LogP contribution in [0, 0.1) is 0 Å². The predicted octanol–water partition coefficient (Wildman–Crippen LogP) is -0.424. The van der Waals surface area contributed by atoms with Crippen molar-refractivity contribution in [2.45, 2.75) is 24.3 Å². The summed E-state index contributed by atoms with van der Waals surface area (Å²) in [7, 11) is 0. The zero-order valence-corrected chi connectivity index (χ0v) is 11.3. The summed E-state index contributed by atoms with van der Waals surface area (Å²) in [5, 5.41) is 29.1. The van der Waals surface area contributed by atoms with Crippen LogP contribution in [0.4, 0.5) is 10.2 Å². The monoisotopic (exact) mass is 318 g/mol. The molecule has 0 amide bonds. The maximum Gasteiger partial charge on any atom is 0.263 e. The van der Waals surface area contributed by atoms with Gasteiger partial charge in [0.25, 0.3) is 5.85 Å². The number of nitrogens with two attached hydrogens (primary N) is 1. The highest BCUT2D eigenvalue weighted by Crippen LogP contribution is 2.41. The number of aromatic nitrogens is 3. The van der Waals surface area contributed by atoms with Crippen molar-refractivity contribution in [1.29, 1.82) is 0 Å². The zero-order valence-electron chi connectivity index (χ0n) is 10.5. The van der Waals surface area contributed by atoms with Crippen molar-refractivity contribution in [1.82, 2.24) is 14.5 Å². The molecule has 0 saturated carbocycles. The molecular formula is C11H12ClFN4O4. The van der Waals surface area contributed by atoms with Crippen LogP contribution in [0.15, 0.2) is 12.5 Å². The van der Waals surface area contributed by atoms with E-state index < -0.39 is 30.9 Å². The van der Waals surface area contributed by atoms with Crippen molar-refractivity contribution in [3.63, 3.8) is 0 Å². The standard InChI is InChI=1S/C11H12ClFN4O4/c12-4-1-17(9-5(4)8(14)15-3-16-9)10-6(19)7(20)11(13,2-18)21-10/h1,3,6-7,10,18-20H,2H2,(H2,14,15,16)/t6-,7+,10-,11-/m1/s1. The van der Waals surface area contributed by atoms with Gasteiger partial charge in [0, 0.05) is 6.20 Å². The van der Waals surface area contributed by atoms with Gasteiger partial charge in [0.1, 0.15) is 36.6 Å². The Labute approximate surface area is 122 Å². The molecule has 0 spiro atoms. The molecule has 1 fully saturated rings. The third-order valence-corrected chi connectivity index (χ3v) is 3.74. The van der Waals surface area contributed by atoms with Crippen LogP contribution in [-0.4, -0.2) is 54.5 Å². The van der Waals surface area contributed by atoms with Crippen molar-refractivity contribution >= 4 is 28.5 Å². The maximum atomic E-state index is 14.1. The number of alkyl halides is 1. The lowest BCUT2D eigenvalue weighted by atomic mass is 10.1. The molecule has 0 unspecified atom stereocenters. The summed E-state index contributed by atoms with van der Waals surface area (Å²) < 4.78 is 20.3. The van der Waals surface area contributed by atoms with Crippen LogP contribution in [0.1, 0.15) is 6.23 Å². The smallest absolute Gasteiger partial charge is 0.263 e. The molecule has 1 aliphatic rings. The highest BCUT2D eigenvalue weighted by Gasteiger charge is 2.56. The fraction of sp³-hybridized carbons (Fsp3) is 0.455. The van der Waals surface area contributed by atoms with Crippen LogP contribution in [0.25, 0.3) is 11.0 Å². The van der Waals surface area contributed by atoms with E-state index in [-0.39, 0.29) is 16.5 Å². The molecule has 10 heteroatoms. The first-order valence-corrected chi connectivity index (χ1v) is 6.37. The van der Waals surface area contributed by atoms with Gasteiger partial charge >= 0.3 is 0 Å². The molecule has 4 atom stereocenters. The Morgan fingerprint density at radius 2 is 2.19 bits per heavy atom. The minimum Gasteiger partial charge on any atom is -0.390 e. The lowest BCUT2D eigenvalue weighted by molar-refractivity contribution is -0.206. The van der Waals surface area contributed by atoms with E-state index in [4.69, 9.17) is 27.2 Å². The molecule has 0 radical (unpaired) electrons. The number of ether oxygens (including phenoxy) is 1. The van der Waals surface area contributed by atoms with Crippen LogP contribution >= 0.6 is 11.6 Å². The van der Waals surface area contributed by atoms with Gasteiger partial charge in [-0.3, -0.25) is 0 Å². The van der Waals surface area contributed by atoms with Crippen LogP contribution in [0.5, 0.6) is 0 Å². The summed E-state index contributed by atoms with van der Waals surface area (Å²) in [6.07, 6.45) is -2.34. The van der Waals surface area contributed by atoms with E-state index in [0.29, 0.717) is 5.39 Å². The van der Waals surface area contributed by atoms with E-state index in [1.54, 1.807) is 0 Å². The summed E-state index contributed by atoms with van der Waals surface area (Å²) in [5.74, 6) is -2.66. The number of hydrogen-bond donors (Lipinski definition) is 4. The summed E-state index contributed by atoms with van der Waals surface area (Å²) in [6.45, 7) is -1.11. The molecule has 0 aliphatic carbocycles. The second-order valence-electron chi connectivity index (χ2n) is 4.73. The van der Waals surface area contributed by atoms with Gasteiger partial charge in [0.2, 0.25) is 0 Å². The topological polar surface area (TPSA) is 127 Å². The second kappa shape index (κ2) is 4.75. The first-order chi connectivity index (χ1) is 9.89. The Balaban J connectivity index is 2.12. The largest absolute Gasteiger partial charge is 0.390 e. The van der Waals surface area contributed by atoms with Gasteiger partial charge in [-0.2, -0.15) is 0 Å². The quantitative estimate of drug-likeness (QED) is 0.592. The number of nitrogens with zero attached hydrogens (tertiary/aromatic N) is 3. The summed E-state index contributed by atoms with van der Waals surface area (Å²) >= 11 is 6.03. The number of aliphatic hydroxyl groups excluding tert-OH is 3. The highest BCUT2D eigenvalue weighted by atomic mass is 35.5. The molecule has 3 rings (SSSR count). The Bertz CT molecular complexity index is 698. The molecule has 3 heterocycles. The lowest BCUT2D eigenvalue weighted by Crippen LogP contribution is -2.42. The summed E-state index contributed by atoms with van der Waals surface area (Å²) in [6, 6.07) is 0. The summed E-state index contributed by atoms with van der Waals surface area (Å²) in [4.78, 5) is 7.76. The van der Waals surface area contributed by atoms with Crippen LogP contribution < -0.4 is 5.73 Å². The predicted molar refractivity (Wildman–Crippen MR) is 70.0 cm³/mol. The minimum absolute atomic E-state index is 0.116. The first-order valence-electron chi connectivity index (χ1n) is 5.99. The molecule has 1 aliphatic heterocycles. The molecule has 8 nitrogen and oxygen atoms in total. The van der Waals surface area contributed by atoms with E-state index in [9.17, 15) is 14.6 Å². The van der Waals surface area contributed by atoms with E-state index >= 15 is 0 Å². The molecule has 1 saturated heterocycles. The molecule has 21 heavy (non-hydrogen) atoms. The van der Waals surface area contributed by atoms with Crippen LogP contribution in [0.2, 0.25) is 5.02 Å². The lowest BCUT2D eigenvalue weighted by Gasteiger charge is -2.19. The van der Waals surface area contributed by atoms with E-state index in [1.165, 1.54) is 17.1 Å². The van der Waals surface area contributed by atoms with Crippen LogP contribution in [0.3, 0.4) is 0 Å². The summed E-state index contributed by atoms with van der Waals surface area (Å²) in [5.41, 5.74) is 5.91. The highest BCUT2D eigenvalue weighted by molar-refractivity contribution is 6.36. The van der Waals surface area contributed by atoms with Gasteiger partial charge in [-0.1, -0.05) is 11.6 Å². The number of nitrogen functional groups attached to an aromatic ring is 1. The van der Waals surface area contributed by atoms with Crippen molar-refractivity contribution in [2.75, 3.05) is 12.3 Å². The number of anilines is 1. The van der Waals surface area contributed by atoms with Crippen molar-refractivity contribution in [3.05, 3.63) is 17.5 Å². The minimum atomic E-state index is -2.77. The SMILES string of the molecule is Nc1ncnc2c1c(Cl)cn2[C@@H]1O[C@](F)(CO)[C@@H](O)[C@H]1O. The maximum absolute atomic E-state index is 14.1. The average molecular weight is 319 g/mol. The Hall–Kier alpha value is -1.52. The zero-order chi connectivity index (χ0) is 15.4. The van der Waals surface area contributed by atoms with E-state index in [1.807, 2.05) is 0 Å². The van der Waals surface area contributed by atoms with Crippen LogP contribution in [-0.2, 0) is 4.74 Å². The number of fused-ring (bicyclic) bond motifs is 1. The molecule has 0 aromatic carbocycles. The first kappa shape index (κ1) is 14.4. The fourth-order valence-corrected chi connectivity index (χ4v) is 2.65. The Morgan fingerprint density at radius 1 is 1.48 bits per heavy atom. The van der Waals surface area contributed by atoms with Gasteiger partial charge < -0.3 is 30.4 Å². The van der Waals surface area contributed by atoms with Gasteiger partial charge in [0.05, 0.1) is 10.4 Å². The van der Waals surface area contributed by atoms with Crippen molar-refractivity contribution < 1.29 is 24.4 Å². The Morgan fingerprint density at radius 3 is 2.81 bits per heavy atom. The number of hydrogen-bond acceptors (Lipinski definition) is 7. The molecule has 114 valence electrons. The fourth-order valence-electron chi connectivity index (χ4n) is 2.36.